The minimum Gasteiger partial charge on any atom is -0.496 e. The zero-order valence-electron chi connectivity index (χ0n) is 23.3. The van der Waals surface area contributed by atoms with Crippen LogP contribution in [0.5, 0.6) is 17.2 Å². The summed E-state index contributed by atoms with van der Waals surface area (Å²) in [5, 5.41) is 0. The molecule has 0 fully saturated rings. The molecule has 1 aromatic heterocycles. The van der Waals surface area contributed by atoms with Crippen molar-refractivity contribution in [2.24, 2.45) is 4.99 Å². The van der Waals surface area contributed by atoms with Crippen LogP contribution in [0.15, 0.2) is 63.5 Å². The molecule has 1 amide bonds. The first-order chi connectivity index (χ1) is 18.9. The number of likely N-dealkylation sites (N-methyl/N-ethyl adjacent to an activating group) is 1. The van der Waals surface area contributed by atoms with Crippen molar-refractivity contribution in [3.05, 3.63) is 84.5 Å². The molecule has 1 atom stereocenters. The third kappa shape index (κ3) is 5.49. The van der Waals surface area contributed by atoms with E-state index in [0.29, 0.717) is 64.2 Å². The Morgan fingerprint density at radius 1 is 1.03 bits per heavy atom. The maximum Gasteiger partial charge on any atom is 0.271 e. The molecule has 0 unspecified atom stereocenters. The van der Waals surface area contributed by atoms with Gasteiger partial charge >= 0.3 is 0 Å². The normalized spacial score (nSPS) is 15.0. The number of methoxy groups -OCH3 is 1. The van der Waals surface area contributed by atoms with Gasteiger partial charge in [-0.25, -0.2) is 4.99 Å². The molecule has 0 saturated carbocycles. The molecular formula is C30H35N3O5S. The number of hydrogen-bond donors (Lipinski definition) is 0. The van der Waals surface area contributed by atoms with E-state index in [1.165, 1.54) is 11.3 Å². The topological polar surface area (TPSA) is 82.4 Å². The van der Waals surface area contributed by atoms with Gasteiger partial charge in [-0.15, -0.1) is 0 Å². The number of nitrogens with zero attached hydrogens (tertiary/aromatic N) is 3. The highest BCUT2D eigenvalue weighted by Gasteiger charge is 2.35. The fourth-order valence-corrected chi connectivity index (χ4v) is 5.82. The number of carbonyl (C=O) groups is 1. The highest BCUT2D eigenvalue weighted by Crippen LogP contribution is 2.36. The Kier molecular flexibility index (Phi) is 8.91. The van der Waals surface area contributed by atoms with E-state index in [2.05, 4.69) is 0 Å². The molecule has 0 saturated heterocycles. The fourth-order valence-electron chi connectivity index (χ4n) is 4.77. The van der Waals surface area contributed by atoms with Crippen molar-refractivity contribution < 1.29 is 19.0 Å². The van der Waals surface area contributed by atoms with Gasteiger partial charge in [0.25, 0.3) is 11.5 Å². The van der Waals surface area contributed by atoms with Crippen molar-refractivity contribution in [2.75, 3.05) is 33.4 Å². The van der Waals surface area contributed by atoms with E-state index in [1.807, 2.05) is 83.2 Å². The van der Waals surface area contributed by atoms with Crippen molar-refractivity contribution in [1.82, 2.24) is 9.47 Å². The molecular weight excluding hydrogens is 514 g/mol. The summed E-state index contributed by atoms with van der Waals surface area (Å²) in [7, 11) is 1.59. The number of carbonyl (C=O) groups excluding carboxylic acids is 1. The number of amides is 1. The van der Waals surface area contributed by atoms with Crippen LogP contribution in [0, 0.1) is 0 Å². The number of hydrogen-bond acceptors (Lipinski definition) is 7. The van der Waals surface area contributed by atoms with E-state index in [1.54, 1.807) is 16.6 Å². The quantitative estimate of drug-likeness (QED) is 0.383. The molecule has 2 aromatic carbocycles. The molecule has 0 bridgehead atoms. The molecule has 39 heavy (non-hydrogen) atoms. The minimum absolute atomic E-state index is 0.140. The number of fused-ring (bicyclic) bond motifs is 1. The van der Waals surface area contributed by atoms with Crippen LogP contribution in [0.25, 0.3) is 6.08 Å². The number of aromatic nitrogens is 1. The Hall–Kier alpha value is -3.85. The lowest BCUT2D eigenvalue weighted by Crippen LogP contribution is -2.43. The van der Waals surface area contributed by atoms with Crippen molar-refractivity contribution in [3.63, 3.8) is 0 Å². The molecule has 0 radical (unpaired) electrons. The summed E-state index contributed by atoms with van der Waals surface area (Å²) >= 11 is 1.30. The van der Waals surface area contributed by atoms with Crippen LogP contribution in [0.3, 0.4) is 0 Å². The highest BCUT2D eigenvalue weighted by molar-refractivity contribution is 7.07. The summed E-state index contributed by atoms with van der Waals surface area (Å²) in [5.41, 5.74) is 2.38. The van der Waals surface area contributed by atoms with Crippen molar-refractivity contribution >= 4 is 23.3 Å². The average molecular weight is 550 g/mol. The van der Waals surface area contributed by atoms with Gasteiger partial charge in [0.1, 0.15) is 11.8 Å². The van der Waals surface area contributed by atoms with Gasteiger partial charge in [-0.3, -0.25) is 14.2 Å². The Balaban J connectivity index is 1.94. The number of rotatable bonds is 10. The van der Waals surface area contributed by atoms with Gasteiger partial charge in [0, 0.05) is 18.7 Å². The van der Waals surface area contributed by atoms with Crippen molar-refractivity contribution in [3.8, 4) is 17.2 Å². The molecule has 0 spiro atoms. The number of allylic oxidation sites excluding steroid dienone is 1. The van der Waals surface area contributed by atoms with E-state index >= 15 is 0 Å². The Morgan fingerprint density at radius 3 is 2.38 bits per heavy atom. The van der Waals surface area contributed by atoms with Gasteiger partial charge in [0.2, 0.25) is 0 Å². The summed E-state index contributed by atoms with van der Waals surface area (Å²) < 4.78 is 19.3. The molecule has 8 nitrogen and oxygen atoms in total. The van der Waals surface area contributed by atoms with Crippen LogP contribution in [0.4, 0.5) is 0 Å². The lowest BCUT2D eigenvalue weighted by Gasteiger charge is -2.29. The van der Waals surface area contributed by atoms with Gasteiger partial charge < -0.3 is 19.1 Å². The first-order valence-electron chi connectivity index (χ1n) is 13.2. The van der Waals surface area contributed by atoms with Gasteiger partial charge in [-0.2, -0.15) is 0 Å². The molecule has 206 valence electrons. The summed E-state index contributed by atoms with van der Waals surface area (Å²) in [6.45, 7) is 11.7. The van der Waals surface area contributed by atoms with E-state index in [-0.39, 0.29) is 11.5 Å². The fraction of sp³-hybridized carbons (Fsp3) is 0.367. The van der Waals surface area contributed by atoms with Crippen molar-refractivity contribution in [2.45, 2.75) is 40.7 Å². The van der Waals surface area contributed by atoms with E-state index in [4.69, 9.17) is 19.2 Å². The second-order valence-electron chi connectivity index (χ2n) is 8.87. The molecule has 1 aliphatic rings. The second kappa shape index (κ2) is 12.3. The van der Waals surface area contributed by atoms with Crippen LogP contribution in [0.2, 0.25) is 0 Å². The summed E-state index contributed by atoms with van der Waals surface area (Å²) in [6, 6.07) is 12.4. The molecule has 0 aliphatic carbocycles. The maximum absolute atomic E-state index is 14.0. The predicted molar refractivity (Wildman–Crippen MR) is 153 cm³/mol. The van der Waals surface area contributed by atoms with Gasteiger partial charge in [-0.05, 0) is 64.5 Å². The lowest BCUT2D eigenvalue weighted by atomic mass is 9.94. The zero-order chi connectivity index (χ0) is 28.1. The van der Waals surface area contributed by atoms with Gasteiger partial charge in [0.05, 0.1) is 36.1 Å². The first-order valence-corrected chi connectivity index (χ1v) is 14.0. The monoisotopic (exact) mass is 549 g/mol. The van der Waals surface area contributed by atoms with Gasteiger partial charge in [-0.1, -0.05) is 35.6 Å². The van der Waals surface area contributed by atoms with Crippen LogP contribution in [-0.4, -0.2) is 48.8 Å². The molecule has 0 N–H and O–H groups in total. The predicted octanol–water partition coefficient (Wildman–Crippen LogP) is 3.91. The molecule has 9 heteroatoms. The third-order valence-corrected chi connectivity index (χ3v) is 7.58. The number of thiazole rings is 1. The molecule has 4 rings (SSSR count). The van der Waals surface area contributed by atoms with Crippen LogP contribution in [-0.2, 0) is 4.79 Å². The molecule has 2 heterocycles. The maximum atomic E-state index is 14.0. The number of benzene rings is 2. The summed E-state index contributed by atoms with van der Waals surface area (Å²) in [6.07, 6.45) is 1.83. The minimum atomic E-state index is -0.674. The van der Waals surface area contributed by atoms with Crippen LogP contribution < -0.4 is 29.1 Å². The van der Waals surface area contributed by atoms with E-state index in [9.17, 15) is 9.59 Å². The summed E-state index contributed by atoms with van der Waals surface area (Å²) in [5.74, 6) is 1.74. The first kappa shape index (κ1) is 28.2. The smallest absolute Gasteiger partial charge is 0.271 e. The van der Waals surface area contributed by atoms with Crippen molar-refractivity contribution in [1.29, 1.82) is 0 Å². The largest absolute Gasteiger partial charge is 0.496 e. The van der Waals surface area contributed by atoms with E-state index < -0.39 is 6.04 Å². The Morgan fingerprint density at radius 2 is 1.72 bits per heavy atom. The van der Waals surface area contributed by atoms with Gasteiger partial charge in [0.15, 0.2) is 16.3 Å². The summed E-state index contributed by atoms with van der Waals surface area (Å²) in [4.78, 5) is 34.8. The Bertz CT molecular complexity index is 1570. The highest BCUT2D eigenvalue weighted by atomic mass is 32.1. The standard InChI is InChI=1S/C30H35N3O5S/c1-7-32(8-2)29(35)26-19(5)31-30-33(27(26)21-13-11-12-14-22(21)36-6)28(34)25(39-30)18-20-15-16-23(37-9-3)24(17-20)38-10-4/h11-18,27H,7-10H2,1-6H3/b25-18+/t27-/m0/s1. The molecule has 1 aliphatic heterocycles. The second-order valence-corrected chi connectivity index (χ2v) is 9.88. The lowest BCUT2D eigenvalue weighted by molar-refractivity contribution is -0.127. The zero-order valence-corrected chi connectivity index (χ0v) is 24.1. The number of ether oxygens (including phenoxy) is 3. The molecule has 3 aromatic rings. The third-order valence-electron chi connectivity index (χ3n) is 6.60. The number of para-hydroxylation sites is 1. The SMILES string of the molecule is CCOc1ccc(/C=c2/sc3n(c2=O)[C@@H](c2ccccc2OC)C(C(=O)N(CC)CC)=C(C)N=3)cc1OCC. The Labute approximate surface area is 232 Å². The average Bonchev–Trinajstić information content (AvgIpc) is 3.24. The van der Waals surface area contributed by atoms with Crippen LogP contribution >= 0.6 is 11.3 Å². The van der Waals surface area contributed by atoms with E-state index in [0.717, 1.165) is 11.1 Å². The van der Waals surface area contributed by atoms with Crippen LogP contribution in [0.1, 0.15) is 51.8 Å².